The minimum Gasteiger partial charge on any atom is -0.497 e. The van der Waals surface area contributed by atoms with E-state index in [1.54, 1.807) is 13.2 Å². The number of hydrogen-bond donors (Lipinski definition) is 2. The van der Waals surface area contributed by atoms with Crippen LogP contribution in [0.4, 0.5) is 22.1 Å². The Kier molecular flexibility index (Phi) is 4.95. The second-order valence-electron chi connectivity index (χ2n) is 6.82. The molecule has 1 saturated carbocycles. The summed E-state index contributed by atoms with van der Waals surface area (Å²) in [5.74, 6) is 2.17. The van der Waals surface area contributed by atoms with Gasteiger partial charge >= 0.3 is 6.03 Å². The van der Waals surface area contributed by atoms with Crippen LogP contribution in [0.3, 0.4) is 0 Å². The number of nitrogens with zero attached hydrogens (tertiary/aromatic N) is 4. The average molecular weight is 368 g/mol. The van der Waals surface area contributed by atoms with Crippen LogP contribution in [0.5, 0.6) is 5.75 Å². The van der Waals surface area contributed by atoms with E-state index in [4.69, 9.17) is 4.74 Å². The molecule has 1 saturated heterocycles. The number of urea groups is 1. The fourth-order valence-corrected chi connectivity index (χ4v) is 3.11. The highest BCUT2D eigenvalue weighted by Gasteiger charge is 2.23. The molecule has 2 aromatic rings. The first-order valence-electron chi connectivity index (χ1n) is 9.26. The SMILES string of the molecule is COc1ccc(N2CCN(c3ccc(NC(=O)NC4CC4)nn3)CC2)cc1. The Balaban J connectivity index is 1.30. The van der Waals surface area contributed by atoms with Crippen LogP contribution in [0, 0.1) is 0 Å². The largest absolute Gasteiger partial charge is 0.497 e. The van der Waals surface area contributed by atoms with Gasteiger partial charge in [0, 0.05) is 37.9 Å². The first kappa shape index (κ1) is 17.4. The van der Waals surface area contributed by atoms with Gasteiger partial charge in [-0.25, -0.2) is 4.79 Å². The maximum absolute atomic E-state index is 11.7. The molecule has 0 atom stereocenters. The van der Waals surface area contributed by atoms with Crippen molar-refractivity contribution in [3.63, 3.8) is 0 Å². The summed E-state index contributed by atoms with van der Waals surface area (Å²) >= 11 is 0. The van der Waals surface area contributed by atoms with Crippen LogP contribution < -0.4 is 25.2 Å². The maximum Gasteiger partial charge on any atom is 0.320 e. The van der Waals surface area contributed by atoms with E-state index in [1.165, 1.54) is 5.69 Å². The number of carbonyl (C=O) groups excluding carboxylic acids is 1. The van der Waals surface area contributed by atoms with Crippen LogP contribution in [-0.2, 0) is 0 Å². The van der Waals surface area contributed by atoms with Crippen LogP contribution in [0.25, 0.3) is 0 Å². The van der Waals surface area contributed by atoms with Gasteiger partial charge in [0.1, 0.15) is 5.75 Å². The third-order valence-electron chi connectivity index (χ3n) is 4.85. The summed E-state index contributed by atoms with van der Waals surface area (Å²) in [5.41, 5.74) is 1.20. The Morgan fingerprint density at radius 1 is 1.00 bits per heavy atom. The topological polar surface area (TPSA) is 82.6 Å². The monoisotopic (exact) mass is 368 g/mol. The molecule has 0 bridgehead atoms. The minimum atomic E-state index is -0.215. The van der Waals surface area contributed by atoms with Gasteiger partial charge < -0.3 is 19.9 Å². The summed E-state index contributed by atoms with van der Waals surface area (Å²) in [6.07, 6.45) is 2.11. The van der Waals surface area contributed by atoms with E-state index in [2.05, 4.69) is 42.8 Å². The summed E-state index contributed by atoms with van der Waals surface area (Å²) in [7, 11) is 1.68. The highest BCUT2D eigenvalue weighted by molar-refractivity contribution is 5.88. The van der Waals surface area contributed by atoms with Crippen molar-refractivity contribution >= 4 is 23.4 Å². The van der Waals surface area contributed by atoms with Gasteiger partial charge in [0.15, 0.2) is 11.6 Å². The van der Waals surface area contributed by atoms with Crippen molar-refractivity contribution in [1.82, 2.24) is 15.5 Å². The Morgan fingerprint density at radius 3 is 2.30 bits per heavy atom. The number of carbonyl (C=O) groups is 1. The van der Waals surface area contributed by atoms with Crippen molar-refractivity contribution in [1.29, 1.82) is 0 Å². The van der Waals surface area contributed by atoms with E-state index in [-0.39, 0.29) is 6.03 Å². The van der Waals surface area contributed by atoms with Gasteiger partial charge in [-0.3, -0.25) is 5.32 Å². The molecule has 8 nitrogen and oxygen atoms in total. The number of anilines is 3. The standard InChI is InChI=1S/C19H24N6O2/c1-27-16-6-4-15(5-7-16)24-10-12-25(13-11-24)18-9-8-17(22-23-18)21-19(26)20-14-2-3-14/h4-9,14H,2-3,10-13H2,1H3,(H2,20,21,22,26). The molecule has 1 aromatic carbocycles. The van der Waals surface area contributed by atoms with E-state index >= 15 is 0 Å². The molecule has 0 spiro atoms. The summed E-state index contributed by atoms with van der Waals surface area (Å²) in [6, 6.07) is 11.9. The summed E-state index contributed by atoms with van der Waals surface area (Å²) in [4.78, 5) is 16.3. The van der Waals surface area contributed by atoms with E-state index < -0.39 is 0 Å². The van der Waals surface area contributed by atoms with Gasteiger partial charge in [-0.15, -0.1) is 10.2 Å². The molecule has 1 aromatic heterocycles. The quantitative estimate of drug-likeness (QED) is 0.841. The summed E-state index contributed by atoms with van der Waals surface area (Å²) in [5, 5.41) is 14.0. The Morgan fingerprint density at radius 2 is 1.70 bits per heavy atom. The fourth-order valence-electron chi connectivity index (χ4n) is 3.11. The lowest BCUT2D eigenvalue weighted by molar-refractivity contribution is 0.251. The van der Waals surface area contributed by atoms with Crippen molar-refractivity contribution in [2.24, 2.45) is 0 Å². The number of piperazine rings is 1. The molecule has 2 heterocycles. The molecular weight excluding hydrogens is 344 g/mol. The molecule has 1 aliphatic heterocycles. The molecule has 2 N–H and O–H groups in total. The fraction of sp³-hybridized carbons (Fsp3) is 0.421. The smallest absolute Gasteiger partial charge is 0.320 e. The lowest BCUT2D eigenvalue weighted by Gasteiger charge is -2.36. The summed E-state index contributed by atoms with van der Waals surface area (Å²) < 4.78 is 5.21. The lowest BCUT2D eigenvalue weighted by atomic mass is 10.2. The van der Waals surface area contributed by atoms with Crippen molar-refractivity contribution in [3.05, 3.63) is 36.4 Å². The Hall–Kier alpha value is -3.03. The van der Waals surface area contributed by atoms with Crippen LogP contribution in [0.1, 0.15) is 12.8 Å². The Bertz CT molecular complexity index is 768. The molecule has 2 amide bonds. The normalized spacial score (nSPS) is 16.8. The number of rotatable bonds is 5. The third-order valence-corrected chi connectivity index (χ3v) is 4.85. The predicted octanol–water partition coefficient (Wildman–Crippen LogP) is 2.10. The van der Waals surface area contributed by atoms with E-state index in [0.29, 0.717) is 11.9 Å². The second-order valence-corrected chi connectivity index (χ2v) is 6.82. The first-order valence-corrected chi connectivity index (χ1v) is 9.26. The molecular formula is C19H24N6O2. The van der Waals surface area contributed by atoms with Crippen LogP contribution in [-0.4, -0.2) is 55.6 Å². The molecule has 2 fully saturated rings. The number of methoxy groups -OCH3 is 1. The number of nitrogens with one attached hydrogen (secondary N) is 2. The van der Waals surface area contributed by atoms with Crippen LogP contribution in [0.15, 0.2) is 36.4 Å². The molecule has 1 aliphatic carbocycles. The predicted molar refractivity (Wildman–Crippen MR) is 105 cm³/mol. The zero-order chi connectivity index (χ0) is 18.6. The molecule has 27 heavy (non-hydrogen) atoms. The zero-order valence-corrected chi connectivity index (χ0v) is 15.4. The second kappa shape index (κ2) is 7.69. The van der Waals surface area contributed by atoms with E-state index in [0.717, 1.165) is 50.6 Å². The number of benzene rings is 1. The molecule has 0 unspecified atom stereocenters. The van der Waals surface area contributed by atoms with Crippen molar-refractivity contribution in [2.45, 2.75) is 18.9 Å². The lowest BCUT2D eigenvalue weighted by Crippen LogP contribution is -2.46. The molecule has 4 rings (SSSR count). The van der Waals surface area contributed by atoms with Gasteiger partial charge in [0.25, 0.3) is 0 Å². The van der Waals surface area contributed by atoms with Gasteiger partial charge in [-0.05, 0) is 49.2 Å². The number of amides is 2. The van der Waals surface area contributed by atoms with Crippen molar-refractivity contribution in [3.8, 4) is 5.75 Å². The highest BCUT2D eigenvalue weighted by atomic mass is 16.5. The molecule has 142 valence electrons. The third kappa shape index (κ3) is 4.39. The van der Waals surface area contributed by atoms with E-state index in [9.17, 15) is 4.79 Å². The van der Waals surface area contributed by atoms with Gasteiger partial charge in [0.05, 0.1) is 7.11 Å². The van der Waals surface area contributed by atoms with Gasteiger partial charge in [0.2, 0.25) is 0 Å². The van der Waals surface area contributed by atoms with Crippen molar-refractivity contribution < 1.29 is 9.53 Å². The molecule has 2 aliphatic rings. The van der Waals surface area contributed by atoms with Crippen LogP contribution in [0.2, 0.25) is 0 Å². The van der Waals surface area contributed by atoms with Crippen LogP contribution >= 0.6 is 0 Å². The van der Waals surface area contributed by atoms with Crippen molar-refractivity contribution in [2.75, 3.05) is 48.4 Å². The average Bonchev–Trinajstić information content (AvgIpc) is 3.53. The number of hydrogen-bond acceptors (Lipinski definition) is 6. The number of ether oxygens (including phenoxy) is 1. The number of aromatic nitrogens is 2. The first-order chi connectivity index (χ1) is 13.2. The maximum atomic E-state index is 11.7. The van der Waals surface area contributed by atoms with Gasteiger partial charge in [-0.1, -0.05) is 0 Å². The zero-order valence-electron chi connectivity index (χ0n) is 15.4. The van der Waals surface area contributed by atoms with Gasteiger partial charge in [-0.2, -0.15) is 0 Å². The highest BCUT2D eigenvalue weighted by Crippen LogP contribution is 2.22. The molecule has 0 radical (unpaired) electrons. The minimum absolute atomic E-state index is 0.215. The van der Waals surface area contributed by atoms with E-state index in [1.807, 2.05) is 18.2 Å². The Labute approximate surface area is 158 Å². The summed E-state index contributed by atoms with van der Waals surface area (Å²) in [6.45, 7) is 3.57. The molecule has 8 heteroatoms.